The zero-order valence-corrected chi connectivity index (χ0v) is 13.2. The molecule has 9 heteroatoms. The topological polar surface area (TPSA) is 56.4 Å². The molecular formula is C14H16F3N3O2S. The minimum Gasteiger partial charge on any atom is -0.361 e. The summed E-state index contributed by atoms with van der Waals surface area (Å²) in [5.41, 5.74) is -0.812. The van der Waals surface area contributed by atoms with Crippen molar-refractivity contribution in [2.75, 3.05) is 33.2 Å². The van der Waals surface area contributed by atoms with E-state index in [-0.39, 0.29) is 28.9 Å². The molecule has 0 spiro atoms. The van der Waals surface area contributed by atoms with E-state index in [9.17, 15) is 21.6 Å². The van der Waals surface area contributed by atoms with Crippen LogP contribution in [0.25, 0.3) is 10.9 Å². The fourth-order valence-electron chi connectivity index (χ4n) is 2.68. The number of nitrogens with zero attached hydrogens (tertiary/aromatic N) is 2. The van der Waals surface area contributed by atoms with Gasteiger partial charge in [-0.05, 0) is 25.2 Å². The van der Waals surface area contributed by atoms with E-state index < -0.39 is 21.8 Å². The highest BCUT2D eigenvalue weighted by atomic mass is 32.2. The van der Waals surface area contributed by atoms with Crippen LogP contribution in [0.5, 0.6) is 0 Å². The summed E-state index contributed by atoms with van der Waals surface area (Å²) in [4.78, 5) is 4.34. The molecule has 0 amide bonds. The number of hydrogen-bond donors (Lipinski definition) is 1. The van der Waals surface area contributed by atoms with Crippen molar-refractivity contribution in [2.24, 2.45) is 0 Å². The molecule has 1 aliphatic heterocycles. The number of sulfonamides is 1. The van der Waals surface area contributed by atoms with E-state index in [0.29, 0.717) is 13.1 Å². The van der Waals surface area contributed by atoms with Gasteiger partial charge in [-0.3, -0.25) is 0 Å². The van der Waals surface area contributed by atoms with E-state index in [1.165, 1.54) is 16.6 Å². The Hall–Kier alpha value is -1.58. The zero-order valence-electron chi connectivity index (χ0n) is 12.4. The minimum atomic E-state index is -4.61. The molecule has 2 heterocycles. The standard InChI is InChI=1S/C14H16F3N3O2S/c1-19-4-6-20(7-5-19)23(21,22)13-9-10(14(15,16)17)8-12-11(13)2-3-18-12/h2-3,8-9,18H,4-7H2,1H3. The van der Waals surface area contributed by atoms with Gasteiger partial charge in [0.2, 0.25) is 10.0 Å². The Morgan fingerprint density at radius 2 is 1.78 bits per heavy atom. The lowest BCUT2D eigenvalue weighted by atomic mass is 10.1. The SMILES string of the molecule is CN1CCN(S(=O)(=O)c2cc(C(F)(F)F)cc3[nH]ccc23)CC1. The number of halogens is 3. The van der Waals surface area contributed by atoms with Gasteiger partial charge in [-0.1, -0.05) is 0 Å². The number of piperazine rings is 1. The van der Waals surface area contributed by atoms with Gasteiger partial charge in [0.05, 0.1) is 10.5 Å². The first-order valence-electron chi connectivity index (χ1n) is 7.06. The van der Waals surface area contributed by atoms with Crippen molar-refractivity contribution in [3.05, 3.63) is 30.0 Å². The second kappa shape index (κ2) is 5.50. The minimum absolute atomic E-state index is 0.160. The number of alkyl halides is 3. The van der Waals surface area contributed by atoms with Crippen LogP contribution in [0.2, 0.25) is 0 Å². The Kier molecular flexibility index (Phi) is 3.89. The summed E-state index contributed by atoms with van der Waals surface area (Å²) in [6, 6.07) is 3.14. The van der Waals surface area contributed by atoms with Crippen molar-refractivity contribution < 1.29 is 21.6 Å². The van der Waals surface area contributed by atoms with Gasteiger partial charge >= 0.3 is 6.18 Å². The Labute approximate surface area is 131 Å². The highest BCUT2D eigenvalue weighted by molar-refractivity contribution is 7.89. The van der Waals surface area contributed by atoms with Crippen molar-refractivity contribution in [2.45, 2.75) is 11.1 Å². The summed E-state index contributed by atoms with van der Waals surface area (Å²) in [6.07, 6.45) is -3.17. The average molecular weight is 347 g/mol. The second-order valence-electron chi connectivity index (χ2n) is 5.62. The number of hydrogen-bond acceptors (Lipinski definition) is 3. The largest absolute Gasteiger partial charge is 0.416 e. The number of nitrogens with one attached hydrogen (secondary N) is 1. The number of benzene rings is 1. The Morgan fingerprint density at radius 3 is 2.39 bits per heavy atom. The molecule has 0 aliphatic carbocycles. The number of fused-ring (bicyclic) bond motifs is 1. The predicted octanol–water partition coefficient (Wildman–Crippen LogP) is 2.12. The summed E-state index contributed by atoms with van der Waals surface area (Å²) < 4.78 is 66.0. The van der Waals surface area contributed by atoms with Crippen molar-refractivity contribution >= 4 is 20.9 Å². The molecule has 1 aliphatic rings. The molecule has 0 saturated carbocycles. The van der Waals surface area contributed by atoms with Crippen molar-refractivity contribution in [1.29, 1.82) is 0 Å². The van der Waals surface area contributed by atoms with Crippen LogP contribution in [0.1, 0.15) is 5.56 Å². The highest BCUT2D eigenvalue weighted by Gasteiger charge is 2.35. The normalized spacial score (nSPS) is 18.6. The van der Waals surface area contributed by atoms with Gasteiger partial charge in [0, 0.05) is 43.3 Å². The third kappa shape index (κ3) is 2.96. The van der Waals surface area contributed by atoms with Crippen LogP contribution < -0.4 is 0 Å². The molecule has 1 N–H and O–H groups in total. The third-order valence-electron chi connectivity index (χ3n) is 4.04. The molecule has 126 valence electrons. The maximum Gasteiger partial charge on any atom is 0.416 e. The third-order valence-corrected chi connectivity index (χ3v) is 5.98. The monoisotopic (exact) mass is 347 g/mol. The summed E-state index contributed by atoms with van der Waals surface area (Å²) in [7, 11) is -2.10. The van der Waals surface area contributed by atoms with E-state index in [0.717, 1.165) is 12.1 Å². The smallest absolute Gasteiger partial charge is 0.361 e. The van der Waals surface area contributed by atoms with Gasteiger partial charge in [0.25, 0.3) is 0 Å². The molecule has 1 aromatic heterocycles. The summed E-state index contributed by atoms with van der Waals surface area (Å²) in [5.74, 6) is 0. The van der Waals surface area contributed by atoms with E-state index in [4.69, 9.17) is 0 Å². The van der Waals surface area contributed by atoms with E-state index in [1.54, 1.807) is 0 Å². The van der Waals surface area contributed by atoms with Crippen molar-refractivity contribution in [3.8, 4) is 0 Å². The quantitative estimate of drug-likeness (QED) is 0.905. The number of rotatable bonds is 2. The first-order valence-corrected chi connectivity index (χ1v) is 8.50. The number of H-pyrrole nitrogens is 1. The summed E-state index contributed by atoms with van der Waals surface area (Å²) >= 11 is 0. The summed E-state index contributed by atoms with van der Waals surface area (Å²) in [5, 5.41) is 0.275. The second-order valence-corrected chi connectivity index (χ2v) is 7.52. The van der Waals surface area contributed by atoms with E-state index in [2.05, 4.69) is 4.98 Å². The van der Waals surface area contributed by atoms with Crippen LogP contribution in [0.3, 0.4) is 0 Å². The Bertz CT molecular complexity index is 821. The number of aromatic amines is 1. The molecule has 23 heavy (non-hydrogen) atoms. The summed E-state index contributed by atoms with van der Waals surface area (Å²) in [6.45, 7) is 1.63. The Balaban J connectivity index is 2.12. The van der Waals surface area contributed by atoms with Crippen LogP contribution in [-0.2, 0) is 16.2 Å². The van der Waals surface area contributed by atoms with Crippen molar-refractivity contribution in [1.82, 2.24) is 14.2 Å². The maximum absolute atomic E-state index is 13.1. The molecule has 0 radical (unpaired) electrons. The van der Waals surface area contributed by atoms with Gasteiger partial charge in [0.15, 0.2) is 0 Å². The van der Waals surface area contributed by atoms with Gasteiger partial charge in [0.1, 0.15) is 0 Å². The number of aromatic nitrogens is 1. The average Bonchev–Trinajstić information content (AvgIpc) is 2.93. The van der Waals surface area contributed by atoms with Gasteiger partial charge in [-0.2, -0.15) is 17.5 Å². The fraction of sp³-hybridized carbons (Fsp3) is 0.429. The Morgan fingerprint density at radius 1 is 1.13 bits per heavy atom. The van der Waals surface area contributed by atoms with E-state index >= 15 is 0 Å². The first kappa shape index (κ1) is 16.3. The highest BCUT2D eigenvalue weighted by Crippen LogP contribution is 2.35. The van der Waals surface area contributed by atoms with Crippen LogP contribution >= 0.6 is 0 Å². The molecule has 1 saturated heterocycles. The first-order chi connectivity index (χ1) is 10.7. The number of likely N-dealkylation sites (N-methyl/N-ethyl adjacent to an activating group) is 1. The lowest BCUT2D eigenvalue weighted by Gasteiger charge is -2.31. The van der Waals surface area contributed by atoms with Crippen LogP contribution in [0.4, 0.5) is 13.2 Å². The molecule has 2 aromatic rings. The van der Waals surface area contributed by atoms with Crippen LogP contribution in [0.15, 0.2) is 29.3 Å². The van der Waals surface area contributed by atoms with Crippen molar-refractivity contribution in [3.63, 3.8) is 0 Å². The molecule has 5 nitrogen and oxygen atoms in total. The van der Waals surface area contributed by atoms with Crippen LogP contribution in [0, 0.1) is 0 Å². The molecule has 0 unspecified atom stereocenters. The predicted molar refractivity (Wildman–Crippen MR) is 79.6 cm³/mol. The molecule has 0 bridgehead atoms. The van der Waals surface area contributed by atoms with Gasteiger partial charge in [-0.25, -0.2) is 8.42 Å². The lowest BCUT2D eigenvalue weighted by molar-refractivity contribution is -0.137. The van der Waals surface area contributed by atoms with E-state index in [1.807, 2.05) is 11.9 Å². The maximum atomic E-state index is 13.1. The fourth-order valence-corrected chi connectivity index (χ4v) is 4.33. The van der Waals surface area contributed by atoms with Gasteiger partial charge in [-0.15, -0.1) is 0 Å². The molecule has 3 rings (SSSR count). The zero-order chi connectivity index (χ0) is 16.8. The lowest BCUT2D eigenvalue weighted by Crippen LogP contribution is -2.47. The van der Waals surface area contributed by atoms with Crippen LogP contribution in [-0.4, -0.2) is 55.8 Å². The molecule has 1 fully saturated rings. The van der Waals surface area contributed by atoms with Gasteiger partial charge < -0.3 is 9.88 Å². The molecule has 0 atom stereocenters. The molecule has 1 aromatic carbocycles. The molecular weight excluding hydrogens is 331 g/mol.